The predicted octanol–water partition coefficient (Wildman–Crippen LogP) is 3.11. The fourth-order valence-corrected chi connectivity index (χ4v) is 3.43. The van der Waals surface area contributed by atoms with Gasteiger partial charge in [0.25, 0.3) is 5.91 Å². The van der Waals surface area contributed by atoms with Gasteiger partial charge in [0.2, 0.25) is 5.91 Å². The third-order valence-corrected chi connectivity index (χ3v) is 5.07. The molecule has 1 saturated heterocycles. The molecule has 0 aromatic heterocycles. The smallest absolute Gasteiger partial charge is 0.253 e. The summed E-state index contributed by atoms with van der Waals surface area (Å²) in [5, 5.41) is 0. The Hall–Kier alpha value is -2.04. The van der Waals surface area contributed by atoms with E-state index in [-0.39, 0.29) is 17.7 Å². The number of amides is 2. The lowest BCUT2D eigenvalue weighted by atomic mass is 10.0. The minimum atomic E-state index is 0.0302. The van der Waals surface area contributed by atoms with Crippen LogP contribution in [0.25, 0.3) is 0 Å². The van der Waals surface area contributed by atoms with Crippen LogP contribution in [0, 0.1) is 12.8 Å². The third kappa shape index (κ3) is 4.53. The van der Waals surface area contributed by atoms with Gasteiger partial charge in [0.05, 0.1) is 7.11 Å². The minimum absolute atomic E-state index is 0.0302. The normalized spacial score (nSPS) is 15.2. The van der Waals surface area contributed by atoms with Crippen molar-refractivity contribution in [2.45, 2.75) is 40.0 Å². The Bertz CT molecular complexity index is 611. The Balaban J connectivity index is 2.04. The van der Waals surface area contributed by atoms with Crippen LogP contribution in [0.3, 0.4) is 0 Å². The van der Waals surface area contributed by atoms with Crippen LogP contribution >= 0.6 is 0 Å². The van der Waals surface area contributed by atoms with Crippen LogP contribution in [-0.4, -0.2) is 54.9 Å². The Kier molecular flexibility index (Phi) is 6.85. The van der Waals surface area contributed by atoms with Crippen molar-refractivity contribution in [3.05, 3.63) is 29.3 Å². The van der Waals surface area contributed by atoms with E-state index in [1.54, 1.807) is 7.11 Å². The van der Waals surface area contributed by atoms with E-state index in [9.17, 15) is 9.59 Å². The molecule has 1 aromatic carbocycles. The molecule has 0 N–H and O–H groups in total. The first kappa shape index (κ1) is 19.3. The van der Waals surface area contributed by atoms with E-state index >= 15 is 0 Å². The Labute approximate surface area is 150 Å². The van der Waals surface area contributed by atoms with Crippen molar-refractivity contribution >= 4 is 11.8 Å². The van der Waals surface area contributed by atoms with Gasteiger partial charge in [-0.2, -0.15) is 0 Å². The molecule has 0 saturated carbocycles. The molecule has 1 aliphatic heterocycles. The quantitative estimate of drug-likeness (QED) is 0.823. The standard InChI is InChI=1S/C20H30N2O3/c1-5-16(6-2)19(23)21-10-7-11-22(13-12-21)20(24)17-8-9-18(25-4)15(3)14-17/h8-9,14,16H,5-7,10-13H2,1-4H3. The first-order valence-electron chi connectivity index (χ1n) is 9.24. The number of ether oxygens (including phenoxy) is 1. The van der Waals surface area contributed by atoms with Gasteiger partial charge in [-0.1, -0.05) is 13.8 Å². The number of hydrogen-bond acceptors (Lipinski definition) is 3. The Morgan fingerprint density at radius 2 is 1.72 bits per heavy atom. The molecule has 5 nitrogen and oxygen atoms in total. The van der Waals surface area contributed by atoms with Crippen molar-refractivity contribution in [3.8, 4) is 5.75 Å². The van der Waals surface area contributed by atoms with Gasteiger partial charge >= 0.3 is 0 Å². The molecule has 1 aliphatic rings. The van der Waals surface area contributed by atoms with Crippen molar-refractivity contribution in [3.63, 3.8) is 0 Å². The van der Waals surface area contributed by atoms with Crippen molar-refractivity contribution < 1.29 is 14.3 Å². The van der Waals surface area contributed by atoms with Gasteiger partial charge in [-0.05, 0) is 49.9 Å². The Morgan fingerprint density at radius 1 is 1.08 bits per heavy atom. The topological polar surface area (TPSA) is 49.9 Å². The lowest BCUT2D eigenvalue weighted by Crippen LogP contribution is -2.39. The van der Waals surface area contributed by atoms with Crippen LogP contribution in [0.1, 0.15) is 49.0 Å². The summed E-state index contributed by atoms with van der Waals surface area (Å²) in [7, 11) is 1.63. The number of rotatable bonds is 5. The van der Waals surface area contributed by atoms with Gasteiger partial charge < -0.3 is 14.5 Å². The molecule has 0 unspecified atom stereocenters. The summed E-state index contributed by atoms with van der Waals surface area (Å²) in [5.41, 5.74) is 1.63. The first-order valence-corrected chi connectivity index (χ1v) is 9.24. The lowest BCUT2D eigenvalue weighted by Gasteiger charge is -2.25. The summed E-state index contributed by atoms with van der Waals surface area (Å²) in [6, 6.07) is 5.52. The highest BCUT2D eigenvalue weighted by Gasteiger charge is 2.26. The highest BCUT2D eigenvalue weighted by Crippen LogP contribution is 2.20. The van der Waals surface area contributed by atoms with Gasteiger partial charge in [0, 0.05) is 37.7 Å². The molecule has 25 heavy (non-hydrogen) atoms. The van der Waals surface area contributed by atoms with E-state index in [1.807, 2.05) is 34.9 Å². The molecule has 5 heteroatoms. The fraction of sp³-hybridized carbons (Fsp3) is 0.600. The predicted molar refractivity (Wildman–Crippen MR) is 98.9 cm³/mol. The van der Waals surface area contributed by atoms with Crippen LogP contribution < -0.4 is 4.74 Å². The molecule has 138 valence electrons. The average Bonchev–Trinajstić information content (AvgIpc) is 2.88. The summed E-state index contributed by atoms with van der Waals surface area (Å²) in [5.74, 6) is 1.16. The van der Waals surface area contributed by atoms with Gasteiger partial charge in [0.15, 0.2) is 0 Å². The molecule has 0 spiro atoms. The molecular weight excluding hydrogens is 316 g/mol. The highest BCUT2D eigenvalue weighted by molar-refractivity contribution is 5.94. The van der Waals surface area contributed by atoms with E-state index in [0.717, 1.165) is 37.1 Å². The monoisotopic (exact) mass is 346 g/mol. The maximum absolute atomic E-state index is 12.8. The van der Waals surface area contributed by atoms with E-state index < -0.39 is 0 Å². The molecule has 0 aliphatic carbocycles. The molecule has 0 bridgehead atoms. The molecule has 0 radical (unpaired) electrons. The van der Waals surface area contributed by atoms with E-state index in [0.29, 0.717) is 25.2 Å². The van der Waals surface area contributed by atoms with Crippen LogP contribution in [0.2, 0.25) is 0 Å². The Morgan fingerprint density at radius 3 is 2.32 bits per heavy atom. The number of carbonyl (C=O) groups is 2. The maximum atomic E-state index is 12.8. The largest absolute Gasteiger partial charge is 0.496 e. The zero-order valence-corrected chi connectivity index (χ0v) is 15.9. The van der Waals surface area contributed by atoms with Crippen molar-refractivity contribution in [1.29, 1.82) is 0 Å². The average molecular weight is 346 g/mol. The van der Waals surface area contributed by atoms with Gasteiger partial charge in [-0.3, -0.25) is 9.59 Å². The van der Waals surface area contributed by atoms with Crippen molar-refractivity contribution in [2.75, 3.05) is 33.3 Å². The van der Waals surface area contributed by atoms with Crippen LogP contribution in [0.5, 0.6) is 5.75 Å². The second-order valence-corrected chi connectivity index (χ2v) is 6.67. The SMILES string of the molecule is CCC(CC)C(=O)N1CCCN(C(=O)c2ccc(OC)c(C)c2)CC1. The fourth-order valence-electron chi connectivity index (χ4n) is 3.43. The molecule has 0 atom stereocenters. The van der Waals surface area contributed by atoms with Crippen LogP contribution in [0.15, 0.2) is 18.2 Å². The zero-order chi connectivity index (χ0) is 18.4. The van der Waals surface area contributed by atoms with E-state index in [2.05, 4.69) is 13.8 Å². The first-order chi connectivity index (χ1) is 12.0. The van der Waals surface area contributed by atoms with E-state index in [4.69, 9.17) is 4.74 Å². The molecular formula is C20H30N2O3. The third-order valence-electron chi connectivity index (χ3n) is 5.07. The molecule has 2 rings (SSSR count). The second kappa shape index (κ2) is 8.88. The minimum Gasteiger partial charge on any atom is -0.496 e. The number of carbonyl (C=O) groups excluding carboxylic acids is 2. The van der Waals surface area contributed by atoms with Gasteiger partial charge in [0.1, 0.15) is 5.75 Å². The molecule has 1 fully saturated rings. The molecule has 1 aromatic rings. The summed E-state index contributed by atoms with van der Waals surface area (Å²) in [4.78, 5) is 29.2. The highest BCUT2D eigenvalue weighted by atomic mass is 16.5. The molecule has 1 heterocycles. The summed E-state index contributed by atoms with van der Waals surface area (Å²) in [6.07, 6.45) is 2.58. The number of aryl methyl sites for hydroxylation is 1. The second-order valence-electron chi connectivity index (χ2n) is 6.67. The van der Waals surface area contributed by atoms with Crippen molar-refractivity contribution in [1.82, 2.24) is 9.80 Å². The molecule has 2 amide bonds. The number of methoxy groups -OCH3 is 1. The maximum Gasteiger partial charge on any atom is 0.253 e. The summed E-state index contributed by atoms with van der Waals surface area (Å²) >= 11 is 0. The summed E-state index contributed by atoms with van der Waals surface area (Å²) < 4.78 is 5.26. The number of hydrogen-bond donors (Lipinski definition) is 0. The zero-order valence-electron chi connectivity index (χ0n) is 15.9. The van der Waals surface area contributed by atoms with Crippen LogP contribution in [0.4, 0.5) is 0 Å². The van der Waals surface area contributed by atoms with Gasteiger partial charge in [-0.25, -0.2) is 0 Å². The summed E-state index contributed by atoms with van der Waals surface area (Å²) in [6.45, 7) is 8.70. The van der Waals surface area contributed by atoms with Crippen molar-refractivity contribution in [2.24, 2.45) is 5.92 Å². The van der Waals surface area contributed by atoms with Crippen LogP contribution in [-0.2, 0) is 4.79 Å². The van der Waals surface area contributed by atoms with E-state index in [1.165, 1.54) is 0 Å². The lowest BCUT2D eigenvalue weighted by molar-refractivity contribution is -0.135. The number of nitrogens with zero attached hydrogens (tertiary/aromatic N) is 2. The number of benzene rings is 1. The van der Waals surface area contributed by atoms with Gasteiger partial charge in [-0.15, -0.1) is 0 Å².